The Hall–Kier alpha value is -1.65. The number of nitrogens with one attached hydrogen (secondary N) is 1. The Bertz CT molecular complexity index is 812. The van der Waals surface area contributed by atoms with E-state index < -0.39 is 0 Å². The highest BCUT2D eigenvalue weighted by molar-refractivity contribution is 7.71. The number of fused-ring (bicyclic) bond motifs is 1. The number of imidazole rings is 1. The topological polar surface area (TPSA) is 33.6 Å². The Kier molecular flexibility index (Phi) is 2.92. The van der Waals surface area contributed by atoms with E-state index in [4.69, 9.17) is 23.8 Å². The van der Waals surface area contributed by atoms with Crippen LogP contribution in [0.2, 0.25) is 5.02 Å². The van der Waals surface area contributed by atoms with Crippen molar-refractivity contribution < 1.29 is 0 Å². The van der Waals surface area contributed by atoms with E-state index in [0.29, 0.717) is 9.79 Å². The Morgan fingerprint density at radius 3 is 2.53 bits per heavy atom. The molecule has 0 aliphatic rings. The molecule has 3 rings (SSSR count). The van der Waals surface area contributed by atoms with Gasteiger partial charge in [0, 0.05) is 6.20 Å². The van der Waals surface area contributed by atoms with Crippen LogP contribution in [0.15, 0.2) is 30.5 Å². The highest BCUT2D eigenvalue weighted by Gasteiger charge is 2.09. The second-order valence-electron chi connectivity index (χ2n) is 4.64. The van der Waals surface area contributed by atoms with Crippen molar-refractivity contribution in [2.24, 2.45) is 0 Å². The van der Waals surface area contributed by atoms with Crippen molar-refractivity contribution in [3.8, 4) is 5.69 Å². The summed E-state index contributed by atoms with van der Waals surface area (Å²) in [6, 6.07) is 8.14. The number of aromatic nitrogens is 3. The van der Waals surface area contributed by atoms with Crippen molar-refractivity contribution in [1.29, 1.82) is 0 Å². The second kappa shape index (κ2) is 4.47. The molecule has 0 saturated heterocycles. The zero-order chi connectivity index (χ0) is 13.6. The molecule has 3 aromatic rings. The van der Waals surface area contributed by atoms with E-state index in [1.807, 2.05) is 10.6 Å². The summed E-state index contributed by atoms with van der Waals surface area (Å²) in [5.41, 5.74) is 5.04. The van der Waals surface area contributed by atoms with Crippen LogP contribution in [0.5, 0.6) is 0 Å². The van der Waals surface area contributed by atoms with Gasteiger partial charge >= 0.3 is 0 Å². The number of H-pyrrole nitrogens is 1. The maximum Gasteiger partial charge on any atom is 0.183 e. The number of aromatic amines is 1. The van der Waals surface area contributed by atoms with Crippen LogP contribution in [0, 0.1) is 18.6 Å². The van der Waals surface area contributed by atoms with Crippen LogP contribution in [-0.4, -0.2) is 14.5 Å². The van der Waals surface area contributed by atoms with E-state index in [9.17, 15) is 0 Å². The summed E-state index contributed by atoms with van der Waals surface area (Å²) in [5, 5.41) is 0.594. The molecule has 0 spiro atoms. The first-order chi connectivity index (χ1) is 9.04. The van der Waals surface area contributed by atoms with Crippen molar-refractivity contribution in [2.75, 3.05) is 0 Å². The lowest BCUT2D eigenvalue weighted by Crippen LogP contribution is -1.96. The Morgan fingerprint density at radius 2 is 1.84 bits per heavy atom. The highest BCUT2D eigenvalue weighted by Crippen LogP contribution is 2.22. The van der Waals surface area contributed by atoms with E-state index in [1.165, 1.54) is 11.1 Å². The molecule has 0 aliphatic carbocycles. The van der Waals surface area contributed by atoms with Gasteiger partial charge in [0.05, 0.1) is 16.2 Å². The molecule has 2 aromatic heterocycles. The third kappa shape index (κ3) is 2.17. The highest BCUT2D eigenvalue weighted by atomic mass is 35.5. The van der Waals surface area contributed by atoms with Gasteiger partial charge in [-0.1, -0.05) is 17.7 Å². The molecule has 2 heterocycles. The fourth-order valence-corrected chi connectivity index (χ4v) is 2.75. The van der Waals surface area contributed by atoms with Crippen molar-refractivity contribution in [3.63, 3.8) is 0 Å². The maximum atomic E-state index is 5.95. The normalized spacial score (nSPS) is 11.1. The monoisotopic (exact) mass is 289 g/mol. The second-order valence-corrected chi connectivity index (χ2v) is 5.46. The zero-order valence-corrected chi connectivity index (χ0v) is 12.1. The molecule has 3 nitrogen and oxygen atoms in total. The molecule has 19 heavy (non-hydrogen) atoms. The fraction of sp³-hybridized carbons (Fsp3) is 0.143. The van der Waals surface area contributed by atoms with Crippen LogP contribution in [0.4, 0.5) is 0 Å². The van der Waals surface area contributed by atoms with Crippen LogP contribution in [0.25, 0.3) is 16.9 Å². The van der Waals surface area contributed by atoms with Crippen LogP contribution in [0.1, 0.15) is 11.1 Å². The number of nitrogens with zero attached hydrogens (tertiary/aromatic N) is 2. The van der Waals surface area contributed by atoms with Gasteiger partial charge in [0.1, 0.15) is 0 Å². The summed E-state index contributed by atoms with van der Waals surface area (Å²) < 4.78 is 2.55. The molecular formula is C14H12ClN3S. The van der Waals surface area contributed by atoms with Gasteiger partial charge in [-0.15, -0.1) is 0 Å². The molecule has 0 saturated carbocycles. The summed E-state index contributed by atoms with van der Waals surface area (Å²) >= 11 is 11.3. The molecule has 0 radical (unpaired) electrons. The molecule has 0 aliphatic heterocycles. The number of halogens is 1. The SMILES string of the molecule is Cc1cc(C)cc(-n2c(=S)[nH]c3cc(Cl)cnc32)c1. The van der Waals surface area contributed by atoms with Crippen molar-refractivity contribution in [2.45, 2.75) is 13.8 Å². The maximum absolute atomic E-state index is 5.95. The molecule has 5 heteroatoms. The third-order valence-corrected chi connectivity index (χ3v) is 3.45. The standard InChI is InChI=1S/C14H12ClN3S/c1-8-3-9(2)5-11(4-8)18-13-12(17-14(18)19)6-10(15)7-16-13/h3-7H,1-2H3,(H,17,19). The summed E-state index contributed by atoms with van der Waals surface area (Å²) in [6.07, 6.45) is 1.63. The molecule has 0 bridgehead atoms. The first-order valence-corrected chi connectivity index (χ1v) is 6.68. The molecule has 0 atom stereocenters. The summed E-state index contributed by atoms with van der Waals surface area (Å²) in [5.74, 6) is 0. The number of rotatable bonds is 1. The lowest BCUT2D eigenvalue weighted by molar-refractivity contribution is 1.04. The number of aryl methyl sites for hydroxylation is 2. The van der Waals surface area contributed by atoms with Gasteiger partial charge in [0.25, 0.3) is 0 Å². The predicted molar refractivity (Wildman–Crippen MR) is 80.7 cm³/mol. The number of hydrogen-bond acceptors (Lipinski definition) is 2. The van der Waals surface area contributed by atoms with Gasteiger partial charge in [0.15, 0.2) is 10.4 Å². The fourth-order valence-electron chi connectivity index (χ4n) is 2.29. The van der Waals surface area contributed by atoms with Gasteiger partial charge < -0.3 is 4.98 Å². The smallest absolute Gasteiger partial charge is 0.183 e. The van der Waals surface area contributed by atoms with E-state index in [-0.39, 0.29) is 0 Å². The zero-order valence-electron chi connectivity index (χ0n) is 10.6. The minimum Gasteiger partial charge on any atom is -0.329 e. The number of benzene rings is 1. The number of hydrogen-bond donors (Lipinski definition) is 1. The molecule has 0 fully saturated rings. The van der Waals surface area contributed by atoms with Crippen molar-refractivity contribution >= 4 is 35.0 Å². The molecule has 0 unspecified atom stereocenters. The summed E-state index contributed by atoms with van der Waals surface area (Å²) in [6.45, 7) is 4.14. The lowest BCUT2D eigenvalue weighted by Gasteiger charge is -2.06. The predicted octanol–water partition coefficient (Wildman–Crippen LogP) is 4.35. The molecule has 96 valence electrons. The molecular weight excluding hydrogens is 278 g/mol. The van der Waals surface area contributed by atoms with Crippen LogP contribution >= 0.6 is 23.8 Å². The first kappa shape index (κ1) is 12.4. The van der Waals surface area contributed by atoms with Gasteiger partial charge in [-0.05, 0) is 55.4 Å². The average Bonchev–Trinajstić information content (AvgIpc) is 2.62. The summed E-state index contributed by atoms with van der Waals surface area (Å²) in [7, 11) is 0. The Morgan fingerprint density at radius 1 is 1.16 bits per heavy atom. The van der Waals surface area contributed by atoms with Crippen LogP contribution in [0.3, 0.4) is 0 Å². The van der Waals surface area contributed by atoms with Gasteiger partial charge in [-0.2, -0.15) is 0 Å². The summed E-state index contributed by atoms with van der Waals surface area (Å²) in [4.78, 5) is 7.51. The van der Waals surface area contributed by atoms with Crippen LogP contribution in [-0.2, 0) is 0 Å². The minimum absolute atomic E-state index is 0.594. The molecule has 0 amide bonds. The quantitative estimate of drug-likeness (QED) is 0.676. The Balaban J connectivity index is 2.36. The molecule has 1 N–H and O–H groups in total. The largest absolute Gasteiger partial charge is 0.329 e. The number of pyridine rings is 1. The van der Waals surface area contributed by atoms with Crippen molar-refractivity contribution in [1.82, 2.24) is 14.5 Å². The Labute approximate surface area is 120 Å². The molecule has 1 aromatic carbocycles. The van der Waals surface area contributed by atoms with E-state index in [0.717, 1.165) is 16.9 Å². The minimum atomic E-state index is 0.594. The van der Waals surface area contributed by atoms with E-state index in [1.54, 1.807) is 6.20 Å². The van der Waals surface area contributed by atoms with Crippen molar-refractivity contribution in [3.05, 3.63) is 51.4 Å². The van der Waals surface area contributed by atoms with Gasteiger partial charge in [0.2, 0.25) is 0 Å². The van der Waals surface area contributed by atoms with Gasteiger partial charge in [-0.25, -0.2) is 4.98 Å². The van der Waals surface area contributed by atoms with E-state index >= 15 is 0 Å². The third-order valence-electron chi connectivity index (χ3n) is 2.95. The first-order valence-electron chi connectivity index (χ1n) is 5.89. The van der Waals surface area contributed by atoms with Crippen LogP contribution < -0.4 is 0 Å². The lowest BCUT2D eigenvalue weighted by atomic mass is 10.1. The average molecular weight is 290 g/mol. The van der Waals surface area contributed by atoms with E-state index in [2.05, 4.69) is 42.0 Å². The van der Waals surface area contributed by atoms with Gasteiger partial charge in [-0.3, -0.25) is 4.57 Å².